The van der Waals surface area contributed by atoms with Crippen molar-refractivity contribution in [3.63, 3.8) is 0 Å². The number of hydrogen-bond donors (Lipinski definition) is 2. The van der Waals surface area contributed by atoms with Crippen LogP contribution >= 0.6 is 0 Å². The van der Waals surface area contributed by atoms with Gasteiger partial charge in [0.15, 0.2) is 0 Å². The molecule has 0 spiro atoms. The van der Waals surface area contributed by atoms with Gasteiger partial charge in [-0.1, -0.05) is 25.3 Å². The molecule has 3 atom stereocenters. The summed E-state index contributed by atoms with van der Waals surface area (Å²) in [6.07, 6.45) is 8.91. The molecular formula is C18H27FN2. The largest absolute Gasteiger partial charge is 0.380 e. The maximum Gasteiger partial charge on any atom is 0.146 e. The van der Waals surface area contributed by atoms with Gasteiger partial charge < -0.3 is 10.6 Å². The Morgan fingerprint density at radius 2 is 1.90 bits per heavy atom. The first-order valence-corrected chi connectivity index (χ1v) is 8.50. The Hall–Kier alpha value is -1.09. The molecule has 2 nitrogen and oxygen atoms in total. The Balaban J connectivity index is 1.71. The normalized spacial score (nSPS) is 30.1. The van der Waals surface area contributed by atoms with Crippen LogP contribution in [-0.2, 0) is 0 Å². The zero-order valence-electron chi connectivity index (χ0n) is 13.0. The summed E-state index contributed by atoms with van der Waals surface area (Å²) in [5, 5.41) is 7.20. The third kappa shape index (κ3) is 3.57. The van der Waals surface area contributed by atoms with Crippen molar-refractivity contribution in [1.82, 2.24) is 5.32 Å². The van der Waals surface area contributed by atoms with Gasteiger partial charge in [-0.05, 0) is 62.8 Å². The van der Waals surface area contributed by atoms with E-state index in [9.17, 15) is 4.39 Å². The summed E-state index contributed by atoms with van der Waals surface area (Å²) >= 11 is 0. The van der Waals surface area contributed by atoms with E-state index in [0.717, 1.165) is 18.5 Å². The highest BCUT2D eigenvalue weighted by Crippen LogP contribution is 2.33. The van der Waals surface area contributed by atoms with Gasteiger partial charge in [-0.15, -0.1) is 0 Å². The molecule has 1 saturated heterocycles. The molecule has 1 aromatic rings. The number of benzene rings is 1. The lowest BCUT2D eigenvalue weighted by atomic mass is 9.77. The second-order valence-corrected chi connectivity index (χ2v) is 6.74. The lowest BCUT2D eigenvalue weighted by Gasteiger charge is -2.40. The van der Waals surface area contributed by atoms with Gasteiger partial charge >= 0.3 is 0 Å². The summed E-state index contributed by atoms with van der Waals surface area (Å²) < 4.78 is 14.1. The summed E-state index contributed by atoms with van der Waals surface area (Å²) in [4.78, 5) is 0. The molecular weight excluding hydrogens is 263 g/mol. The molecule has 3 rings (SSSR count). The number of anilines is 1. The summed E-state index contributed by atoms with van der Waals surface area (Å²) in [6.45, 7) is 3.08. The fraction of sp³-hybridized carbons (Fsp3) is 0.667. The molecule has 0 bridgehead atoms. The Labute approximate surface area is 127 Å². The topological polar surface area (TPSA) is 24.1 Å². The number of halogens is 1. The fourth-order valence-corrected chi connectivity index (χ4v) is 4.00. The van der Waals surface area contributed by atoms with E-state index >= 15 is 0 Å². The molecule has 0 aromatic heterocycles. The summed E-state index contributed by atoms with van der Waals surface area (Å²) in [6, 6.07) is 6.53. The van der Waals surface area contributed by atoms with Crippen LogP contribution in [0.15, 0.2) is 18.2 Å². The predicted molar refractivity (Wildman–Crippen MR) is 86.1 cm³/mol. The van der Waals surface area contributed by atoms with Crippen LogP contribution in [0.5, 0.6) is 0 Å². The molecule has 1 saturated carbocycles. The van der Waals surface area contributed by atoms with Crippen molar-refractivity contribution in [1.29, 1.82) is 0 Å². The van der Waals surface area contributed by atoms with E-state index < -0.39 is 0 Å². The number of nitrogens with one attached hydrogen (secondary N) is 2. The monoisotopic (exact) mass is 290 g/mol. The maximum atomic E-state index is 14.1. The first kappa shape index (κ1) is 14.8. The minimum absolute atomic E-state index is 0.115. The highest BCUT2D eigenvalue weighted by molar-refractivity contribution is 5.47. The molecule has 1 heterocycles. The predicted octanol–water partition coefficient (Wildman–Crippen LogP) is 4.25. The van der Waals surface area contributed by atoms with Gasteiger partial charge in [0.05, 0.1) is 5.69 Å². The van der Waals surface area contributed by atoms with E-state index in [1.807, 2.05) is 19.1 Å². The van der Waals surface area contributed by atoms with Crippen LogP contribution in [0.4, 0.5) is 10.1 Å². The smallest absolute Gasteiger partial charge is 0.146 e. The first-order chi connectivity index (χ1) is 10.2. The van der Waals surface area contributed by atoms with Crippen molar-refractivity contribution in [2.75, 3.05) is 11.9 Å². The zero-order valence-corrected chi connectivity index (χ0v) is 13.0. The average molecular weight is 290 g/mol. The lowest BCUT2D eigenvalue weighted by molar-refractivity contribution is 0.217. The van der Waals surface area contributed by atoms with Gasteiger partial charge in [0.2, 0.25) is 0 Å². The van der Waals surface area contributed by atoms with Gasteiger partial charge in [-0.3, -0.25) is 0 Å². The minimum Gasteiger partial charge on any atom is -0.380 e. The van der Waals surface area contributed by atoms with Crippen LogP contribution < -0.4 is 10.6 Å². The summed E-state index contributed by atoms with van der Waals surface area (Å²) in [5.41, 5.74) is 1.65. The molecule has 116 valence electrons. The van der Waals surface area contributed by atoms with Crippen LogP contribution in [0, 0.1) is 18.7 Å². The van der Waals surface area contributed by atoms with E-state index in [0.29, 0.717) is 23.7 Å². The van der Waals surface area contributed by atoms with Gasteiger partial charge in [-0.2, -0.15) is 0 Å². The van der Waals surface area contributed by atoms with Crippen molar-refractivity contribution in [3.05, 3.63) is 29.6 Å². The molecule has 3 heteroatoms. The highest BCUT2D eigenvalue weighted by Gasteiger charge is 2.32. The van der Waals surface area contributed by atoms with Crippen LogP contribution in [-0.4, -0.2) is 18.6 Å². The Morgan fingerprint density at radius 1 is 1.10 bits per heavy atom. The molecule has 1 aliphatic carbocycles. The van der Waals surface area contributed by atoms with E-state index in [2.05, 4.69) is 10.6 Å². The van der Waals surface area contributed by atoms with Crippen LogP contribution in [0.1, 0.15) is 50.5 Å². The lowest BCUT2D eigenvalue weighted by Crippen LogP contribution is -2.48. The van der Waals surface area contributed by atoms with E-state index in [1.165, 1.54) is 38.5 Å². The molecule has 0 amide bonds. The number of hydrogen-bond acceptors (Lipinski definition) is 2. The van der Waals surface area contributed by atoms with Crippen molar-refractivity contribution < 1.29 is 4.39 Å². The first-order valence-electron chi connectivity index (χ1n) is 8.50. The van der Waals surface area contributed by atoms with Crippen LogP contribution in [0.3, 0.4) is 0 Å². The maximum absolute atomic E-state index is 14.1. The van der Waals surface area contributed by atoms with Gasteiger partial charge in [-0.25, -0.2) is 4.39 Å². The van der Waals surface area contributed by atoms with E-state index in [-0.39, 0.29) is 5.82 Å². The van der Waals surface area contributed by atoms with Crippen molar-refractivity contribution in [2.45, 2.75) is 64.0 Å². The van der Waals surface area contributed by atoms with E-state index in [1.54, 1.807) is 6.07 Å². The third-order valence-corrected chi connectivity index (χ3v) is 5.15. The number of piperidine rings is 1. The molecule has 2 aliphatic rings. The minimum atomic E-state index is -0.115. The molecule has 2 fully saturated rings. The van der Waals surface area contributed by atoms with Gasteiger partial charge in [0.25, 0.3) is 0 Å². The molecule has 1 aromatic carbocycles. The zero-order chi connectivity index (χ0) is 14.7. The van der Waals surface area contributed by atoms with E-state index in [4.69, 9.17) is 0 Å². The SMILES string of the molecule is Cc1ccc(NC2CCCCC2C2CCCCN2)c(F)c1. The Bertz CT molecular complexity index is 468. The van der Waals surface area contributed by atoms with Crippen LogP contribution in [0.2, 0.25) is 0 Å². The Kier molecular flexibility index (Phi) is 4.79. The van der Waals surface area contributed by atoms with Gasteiger partial charge in [0, 0.05) is 12.1 Å². The fourth-order valence-electron chi connectivity index (χ4n) is 4.00. The van der Waals surface area contributed by atoms with Crippen molar-refractivity contribution >= 4 is 5.69 Å². The standard InChI is InChI=1S/C18H27FN2/c1-13-9-10-18(15(19)12-13)21-17-8-3-2-6-14(17)16-7-4-5-11-20-16/h9-10,12,14,16-17,20-21H,2-8,11H2,1H3. The number of aryl methyl sites for hydroxylation is 1. The van der Waals surface area contributed by atoms with Crippen molar-refractivity contribution in [2.24, 2.45) is 5.92 Å². The molecule has 21 heavy (non-hydrogen) atoms. The molecule has 0 radical (unpaired) electrons. The second-order valence-electron chi connectivity index (χ2n) is 6.74. The third-order valence-electron chi connectivity index (χ3n) is 5.15. The second kappa shape index (κ2) is 6.78. The Morgan fingerprint density at radius 3 is 2.67 bits per heavy atom. The van der Waals surface area contributed by atoms with Gasteiger partial charge in [0.1, 0.15) is 5.82 Å². The number of rotatable bonds is 3. The molecule has 1 aliphatic heterocycles. The van der Waals surface area contributed by atoms with Crippen LogP contribution in [0.25, 0.3) is 0 Å². The highest BCUT2D eigenvalue weighted by atomic mass is 19.1. The molecule has 3 unspecified atom stereocenters. The quantitative estimate of drug-likeness (QED) is 0.869. The summed E-state index contributed by atoms with van der Waals surface area (Å²) in [7, 11) is 0. The average Bonchev–Trinajstić information content (AvgIpc) is 2.51. The summed E-state index contributed by atoms with van der Waals surface area (Å²) in [5.74, 6) is 0.524. The molecule has 2 N–H and O–H groups in total. The van der Waals surface area contributed by atoms with Crippen molar-refractivity contribution in [3.8, 4) is 0 Å².